The number of carbonyl (C=O) groups is 2. The van der Waals surface area contributed by atoms with Gasteiger partial charge in [0.25, 0.3) is 11.5 Å². The van der Waals surface area contributed by atoms with Crippen molar-refractivity contribution in [1.29, 1.82) is 0 Å². The number of imide groups is 1. The molecular weight excluding hydrogens is 422 g/mol. The highest BCUT2D eigenvalue weighted by Crippen LogP contribution is 2.46. The van der Waals surface area contributed by atoms with E-state index in [1.54, 1.807) is 0 Å². The molecule has 4 N–H and O–H groups in total. The maximum atomic E-state index is 14.3. The maximum absolute atomic E-state index is 14.3. The lowest BCUT2D eigenvalue weighted by Gasteiger charge is -2.40. The van der Waals surface area contributed by atoms with Crippen LogP contribution in [0.3, 0.4) is 0 Å². The molecule has 0 bridgehead atoms. The standard InChI is InChI=1S/C21H16F2N6O3/c22-10-3-1-9(2-4-10)15-17(29-19(31)21(7-24-8-21)26-20(29)32)16-14-12(18(30)28-27-16)5-11(23)6-13(14)25-15/h1-6,15,17,24-25H,7-8H2,(H,26,32)(H,28,30). The molecule has 3 aliphatic heterocycles. The van der Waals surface area contributed by atoms with Gasteiger partial charge in [0.15, 0.2) is 0 Å². The molecule has 3 aromatic rings. The second kappa shape index (κ2) is 6.33. The van der Waals surface area contributed by atoms with Crippen molar-refractivity contribution in [2.24, 2.45) is 0 Å². The Kier molecular flexibility index (Phi) is 3.73. The van der Waals surface area contributed by atoms with Crippen LogP contribution in [0, 0.1) is 11.6 Å². The van der Waals surface area contributed by atoms with Gasteiger partial charge in [0.2, 0.25) is 0 Å². The zero-order chi connectivity index (χ0) is 22.2. The first kappa shape index (κ1) is 18.9. The molecule has 3 aliphatic rings. The number of amides is 3. The Labute approximate surface area is 178 Å². The topological polar surface area (TPSA) is 119 Å². The largest absolute Gasteiger partial charge is 0.375 e. The van der Waals surface area contributed by atoms with Crippen LogP contribution in [0.4, 0.5) is 19.3 Å². The van der Waals surface area contributed by atoms with Gasteiger partial charge in [-0.25, -0.2) is 18.7 Å². The summed E-state index contributed by atoms with van der Waals surface area (Å²) in [6, 6.07) is 5.55. The van der Waals surface area contributed by atoms with Crippen LogP contribution in [0.1, 0.15) is 23.3 Å². The minimum atomic E-state index is -1.03. The first-order chi connectivity index (χ1) is 15.4. The van der Waals surface area contributed by atoms with Crippen LogP contribution >= 0.6 is 0 Å². The summed E-state index contributed by atoms with van der Waals surface area (Å²) >= 11 is 0. The fourth-order valence-corrected chi connectivity index (χ4v) is 4.74. The number of benzene rings is 2. The van der Waals surface area contributed by atoms with Gasteiger partial charge in [0.05, 0.1) is 17.1 Å². The van der Waals surface area contributed by atoms with E-state index in [4.69, 9.17) is 0 Å². The number of anilines is 1. The van der Waals surface area contributed by atoms with Gasteiger partial charge in [-0.15, -0.1) is 0 Å². The molecule has 2 saturated heterocycles. The SMILES string of the molecule is O=C1NC2(CNC2)C(=O)N1C1c2n[nH]c(=O)c3cc(F)cc(c23)NC1c1ccc(F)cc1. The Morgan fingerprint density at radius 1 is 1.03 bits per heavy atom. The Hall–Kier alpha value is -3.86. The van der Waals surface area contributed by atoms with E-state index in [1.807, 2.05) is 0 Å². The number of aromatic nitrogens is 2. The van der Waals surface area contributed by atoms with Crippen molar-refractivity contribution in [2.75, 3.05) is 18.4 Å². The fraction of sp³-hybridized carbons (Fsp3) is 0.238. The molecule has 162 valence electrons. The minimum Gasteiger partial charge on any atom is -0.375 e. The van der Waals surface area contributed by atoms with Gasteiger partial charge in [0.1, 0.15) is 23.2 Å². The first-order valence-corrected chi connectivity index (χ1v) is 9.98. The summed E-state index contributed by atoms with van der Waals surface area (Å²) < 4.78 is 27.9. The van der Waals surface area contributed by atoms with Crippen molar-refractivity contribution in [3.05, 3.63) is 69.6 Å². The van der Waals surface area contributed by atoms with E-state index >= 15 is 0 Å². The van der Waals surface area contributed by atoms with E-state index in [1.165, 1.54) is 30.3 Å². The van der Waals surface area contributed by atoms with E-state index in [0.717, 1.165) is 11.0 Å². The molecule has 0 aliphatic carbocycles. The van der Waals surface area contributed by atoms with Gasteiger partial charge in [-0.3, -0.25) is 14.5 Å². The van der Waals surface area contributed by atoms with Crippen molar-refractivity contribution < 1.29 is 18.4 Å². The molecule has 2 fully saturated rings. The molecule has 11 heteroatoms. The molecule has 1 aromatic heterocycles. The number of hydrogen-bond acceptors (Lipinski definition) is 6. The number of halogens is 2. The highest BCUT2D eigenvalue weighted by molar-refractivity contribution is 6.09. The predicted octanol–water partition coefficient (Wildman–Crippen LogP) is 1.30. The second-order valence-electron chi connectivity index (χ2n) is 8.22. The zero-order valence-corrected chi connectivity index (χ0v) is 16.4. The fourth-order valence-electron chi connectivity index (χ4n) is 4.74. The summed E-state index contributed by atoms with van der Waals surface area (Å²) in [6.45, 7) is 0.595. The average Bonchev–Trinajstić information content (AvgIpc) is 3.01. The smallest absolute Gasteiger partial charge is 0.325 e. The van der Waals surface area contributed by atoms with Crippen molar-refractivity contribution in [3.8, 4) is 0 Å². The number of nitrogens with zero attached hydrogens (tertiary/aromatic N) is 2. The zero-order valence-electron chi connectivity index (χ0n) is 16.4. The first-order valence-electron chi connectivity index (χ1n) is 9.98. The molecule has 2 unspecified atom stereocenters. The minimum absolute atomic E-state index is 0.0483. The van der Waals surface area contributed by atoms with Gasteiger partial charge >= 0.3 is 6.03 Å². The molecule has 9 nitrogen and oxygen atoms in total. The van der Waals surface area contributed by atoms with Crippen LogP contribution in [0.25, 0.3) is 10.8 Å². The maximum Gasteiger partial charge on any atom is 0.325 e. The highest BCUT2D eigenvalue weighted by atomic mass is 19.1. The van der Waals surface area contributed by atoms with Gasteiger partial charge in [-0.2, -0.15) is 5.10 Å². The Morgan fingerprint density at radius 2 is 1.78 bits per heavy atom. The molecule has 2 atom stereocenters. The van der Waals surface area contributed by atoms with E-state index in [-0.39, 0.29) is 11.1 Å². The number of nitrogens with one attached hydrogen (secondary N) is 4. The van der Waals surface area contributed by atoms with E-state index < -0.39 is 46.8 Å². The lowest BCUT2D eigenvalue weighted by Crippen LogP contribution is -2.69. The number of H-pyrrole nitrogens is 1. The molecular formula is C21H16F2N6O3. The summed E-state index contributed by atoms with van der Waals surface area (Å²) in [4.78, 5) is 39.8. The predicted molar refractivity (Wildman–Crippen MR) is 109 cm³/mol. The van der Waals surface area contributed by atoms with Crippen LogP contribution in [0.5, 0.6) is 0 Å². The summed E-state index contributed by atoms with van der Waals surface area (Å²) in [5.74, 6) is -1.51. The van der Waals surface area contributed by atoms with E-state index in [0.29, 0.717) is 29.7 Å². The Balaban J connectivity index is 1.60. The third-order valence-electron chi connectivity index (χ3n) is 6.34. The molecule has 6 rings (SSSR count). The number of aromatic amines is 1. The van der Waals surface area contributed by atoms with Gasteiger partial charge in [0, 0.05) is 24.2 Å². The molecule has 3 amide bonds. The summed E-state index contributed by atoms with van der Waals surface area (Å²) in [6.07, 6.45) is 0. The number of urea groups is 1. The van der Waals surface area contributed by atoms with Crippen molar-refractivity contribution in [2.45, 2.75) is 17.6 Å². The molecule has 0 radical (unpaired) electrons. The van der Waals surface area contributed by atoms with Crippen molar-refractivity contribution in [3.63, 3.8) is 0 Å². The summed E-state index contributed by atoms with van der Waals surface area (Å²) in [5, 5.41) is 15.8. The van der Waals surface area contributed by atoms with E-state index in [2.05, 4.69) is 26.1 Å². The van der Waals surface area contributed by atoms with Gasteiger partial charge in [-0.05, 0) is 29.8 Å². The molecule has 2 aromatic carbocycles. The monoisotopic (exact) mass is 438 g/mol. The third-order valence-corrected chi connectivity index (χ3v) is 6.34. The second-order valence-corrected chi connectivity index (χ2v) is 8.22. The van der Waals surface area contributed by atoms with Crippen LogP contribution < -0.4 is 21.5 Å². The lowest BCUT2D eigenvalue weighted by atomic mass is 9.87. The molecule has 0 saturated carbocycles. The van der Waals surface area contributed by atoms with Gasteiger partial charge < -0.3 is 16.0 Å². The average molecular weight is 438 g/mol. The van der Waals surface area contributed by atoms with Crippen LogP contribution in [0.15, 0.2) is 41.2 Å². The summed E-state index contributed by atoms with van der Waals surface area (Å²) in [5.41, 5.74) is -0.529. The van der Waals surface area contributed by atoms with Crippen LogP contribution in [-0.2, 0) is 4.79 Å². The van der Waals surface area contributed by atoms with Crippen molar-refractivity contribution >= 4 is 28.4 Å². The molecule has 4 heterocycles. The third kappa shape index (κ3) is 2.45. The number of carbonyl (C=O) groups excluding carboxylic acids is 2. The van der Waals surface area contributed by atoms with Crippen LogP contribution in [-0.4, -0.2) is 45.7 Å². The summed E-state index contributed by atoms with van der Waals surface area (Å²) in [7, 11) is 0. The van der Waals surface area contributed by atoms with E-state index in [9.17, 15) is 23.2 Å². The Morgan fingerprint density at radius 3 is 2.44 bits per heavy atom. The number of rotatable bonds is 2. The normalized spacial score (nSPS) is 23.2. The quantitative estimate of drug-likeness (QED) is 0.448. The van der Waals surface area contributed by atoms with Crippen LogP contribution in [0.2, 0.25) is 0 Å². The Bertz CT molecular complexity index is 1370. The number of hydrogen-bond donors (Lipinski definition) is 4. The van der Waals surface area contributed by atoms with Crippen molar-refractivity contribution in [1.82, 2.24) is 25.7 Å². The highest BCUT2D eigenvalue weighted by Gasteiger charge is 2.58. The van der Waals surface area contributed by atoms with Gasteiger partial charge in [-0.1, -0.05) is 12.1 Å². The lowest BCUT2D eigenvalue weighted by molar-refractivity contribution is -0.135. The molecule has 32 heavy (non-hydrogen) atoms. The molecule has 1 spiro atoms.